The van der Waals surface area contributed by atoms with Crippen LogP contribution < -0.4 is 24.4 Å². The fraction of sp³-hybridized carbons (Fsp3) is 0.167. The topological polar surface area (TPSA) is 114 Å². The first-order chi connectivity index (χ1) is 17.4. The van der Waals surface area contributed by atoms with Crippen LogP contribution in [0.1, 0.15) is 5.56 Å². The highest BCUT2D eigenvalue weighted by atomic mass is 32.2. The summed E-state index contributed by atoms with van der Waals surface area (Å²) in [5.74, 6) is -2.27. The molecule has 3 amide bonds. The summed E-state index contributed by atoms with van der Waals surface area (Å²) < 4.78 is 76.2. The highest BCUT2D eigenvalue weighted by Gasteiger charge is 2.43. The molecule has 0 spiro atoms. The lowest BCUT2D eigenvalue weighted by molar-refractivity contribution is -0.286. The quantitative estimate of drug-likeness (QED) is 0.480. The molecule has 0 aromatic heterocycles. The molecule has 9 nitrogen and oxygen atoms in total. The minimum Gasteiger partial charge on any atom is -0.395 e. The Kier molecular flexibility index (Phi) is 6.99. The number of hydrogen-bond donors (Lipinski definition) is 2. The van der Waals surface area contributed by atoms with Crippen molar-refractivity contribution in [1.29, 1.82) is 0 Å². The summed E-state index contributed by atoms with van der Waals surface area (Å²) in [5.41, 5.74) is 0.779. The Balaban J connectivity index is 1.55. The SMILES string of the molecule is CN(C(=O)C(Cc1ccccc1)NC(=O)NS(=O)(=O)c1ccccc1F)c1ccc2c(c1)OC(F)(F)O2. The van der Waals surface area contributed by atoms with Gasteiger partial charge in [0, 0.05) is 25.2 Å². The van der Waals surface area contributed by atoms with Crippen molar-refractivity contribution >= 4 is 27.6 Å². The molecule has 0 bridgehead atoms. The fourth-order valence-corrected chi connectivity index (χ4v) is 4.58. The molecule has 0 fully saturated rings. The predicted molar refractivity (Wildman–Crippen MR) is 125 cm³/mol. The third-order valence-electron chi connectivity index (χ3n) is 5.34. The highest BCUT2D eigenvalue weighted by molar-refractivity contribution is 7.90. The third kappa shape index (κ3) is 5.94. The zero-order valence-electron chi connectivity index (χ0n) is 19.2. The molecule has 1 aliphatic rings. The Labute approximate surface area is 209 Å². The van der Waals surface area contributed by atoms with E-state index in [-0.39, 0.29) is 23.6 Å². The first kappa shape index (κ1) is 25.8. The zero-order chi connectivity index (χ0) is 26.8. The Morgan fingerprint density at radius 2 is 1.62 bits per heavy atom. The van der Waals surface area contributed by atoms with Gasteiger partial charge in [0.15, 0.2) is 11.5 Å². The molecule has 4 rings (SSSR count). The van der Waals surface area contributed by atoms with Gasteiger partial charge in [0.25, 0.3) is 10.0 Å². The molecule has 0 saturated heterocycles. The fourth-order valence-electron chi connectivity index (χ4n) is 3.58. The highest BCUT2D eigenvalue weighted by Crippen LogP contribution is 2.42. The number of urea groups is 1. The summed E-state index contributed by atoms with van der Waals surface area (Å²) in [7, 11) is -3.25. The van der Waals surface area contributed by atoms with E-state index in [4.69, 9.17) is 0 Å². The second-order valence-corrected chi connectivity index (χ2v) is 9.60. The van der Waals surface area contributed by atoms with Gasteiger partial charge in [-0.3, -0.25) is 4.79 Å². The first-order valence-corrected chi connectivity index (χ1v) is 12.2. The van der Waals surface area contributed by atoms with Crippen molar-refractivity contribution in [3.8, 4) is 11.5 Å². The van der Waals surface area contributed by atoms with E-state index in [1.165, 1.54) is 31.3 Å². The maximum atomic E-state index is 14.0. The van der Waals surface area contributed by atoms with Crippen LogP contribution in [0.4, 0.5) is 23.7 Å². The molecule has 0 radical (unpaired) electrons. The number of likely N-dealkylation sites (N-methyl/N-ethyl adjacent to an activating group) is 1. The molecule has 1 atom stereocenters. The van der Waals surface area contributed by atoms with Gasteiger partial charge in [-0.2, -0.15) is 0 Å². The van der Waals surface area contributed by atoms with Crippen LogP contribution in [0.25, 0.3) is 0 Å². The predicted octanol–water partition coefficient (Wildman–Crippen LogP) is 3.41. The van der Waals surface area contributed by atoms with Crippen molar-refractivity contribution in [2.75, 3.05) is 11.9 Å². The molecular formula is C24H20F3N3O6S. The number of hydrogen-bond acceptors (Lipinski definition) is 6. The van der Waals surface area contributed by atoms with Crippen molar-refractivity contribution in [1.82, 2.24) is 10.0 Å². The van der Waals surface area contributed by atoms with Crippen LogP contribution in [0.15, 0.2) is 77.7 Å². The molecule has 1 aliphatic heterocycles. The zero-order valence-corrected chi connectivity index (χ0v) is 20.0. The number of halogens is 3. The summed E-state index contributed by atoms with van der Waals surface area (Å²) in [6, 6.07) is 14.2. The average molecular weight is 536 g/mol. The second kappa shape index (κ2) is 10.0. The van der Waals surface area contributed by atoms with Gasteiger partial charge in [0.1, 0.15) is 16.8 Å². The van der Waals surface area contributed by atoms with Crippen LogP contribution in [0.3, 0.4) is 0 Å². The second-order valence-electron chi connectivity index (χ2n) is 7.95. The van der Waals surface area contributed by atoms with Crippen molar-refractivity contribution < 1.29 is 40.7 Å². The molecule has 37 heavy (non-hydrogen) atoms. The third-order valence-corrected chi connectivity index (χ3v) is 6.71. The molecule has 2 N–H and O–H groups in total. The van der Waals surface area contributed by atoms with Crippen LogP contribution in [0, 0.1) is 5.82 Å². The summed E-state index contributed by atoms with van der Waals surface area (Å²) >= 11 is 0. The van der Waals surface area contributed by atoms with E-state index in [1.807, 2.05) is 0 Å². The van der Waals surface area contributed by atoms with Crippen LogP contribution in [-0.2, 0) is 21.2 Å². The number of nitrogens with one attached hydrogen (secondary N) is 2. The van der Waals surface area contributed by atoms with E-state index >= 15 is 0 Å². The van der Waals surface area contributed by atoms with E-state index < -0.39 is 45.0 Å². The Morgan fingerprint density at radius 3 is 2.32 bits per heavy atom. The lowest BCUT2D eigenvalue weighted by Gasteiger charge is -2.25. The van der Waals surface area contributed by atoms with Crippen LogP contribution in [-0.4, -0.2) is 39.7 Å². The molecule has 0 saturated carbocycles. The number of carbonyl (C=O) groups excluding carboxylic acids is 2. The van der Waals surface area contributed by atoms with Gasteiger partial charge in [-0.25, -0.2) is 22.3 Å². The number of benzene rings is 3. The van der Waals surface area contributed by atoms with Crippen LogP contribution >= 0.6 is 0 Å². The average Bonchev–Trinajstić information content (AvgIpc) is 3.16. The van der Waals surface area contributed by atoms with Crippen molar-refractivity contribution in [3.63, 3.8) is 0 Å². The molecule has 0 aliphatic carbocycles. The number of amides is 3. The normalized spacial score (nSPS) is 14.5. The summed E-state index contributed by atoms with van der Waals surface area (Å²) in [5, 5.41) is 2.31. The van der Waals surface area contributed by atoms with Gasteiger partial charge in [-0.1, -0.05) is 42.5 Å². The molecule has 3 aromatic rings. The first-order valence-electron chi connectivity index (χ1n) is 10.7. The minimum absolute atomic E-state index is 0.0419. The van der Waals surface area contributed by atoms with E-state index in [9.17, 15) is 31.2 Å². The van der Waals surface area contributed by atoms with Gasteiger partial charge < -0.3 is 19.7 Å². The molecule has 13 heteroatoms. The number of ether oxygens (including phenoxy) is 2. The lowest BCUT2D eigenvalue weighted by Crippen LogP contribution is -2.52. The van der Waals surface area contributed by atoms with Gasteiger partial charge in [-0.05, 0) is 29.8 Å². The largest absolute Gasteiger partial charge is 0.586 e. The number of nitrogens with zero attached hydrogens (tertiary/aromatic N) is 1. The Hall–Kier alpha value is -4.26. The molecule has 194 valence electrons. The molecule has 1 unspecified atom stereocenters. The monoisotopic (exact) mass is 535 g/mol. The number of carbonyl (C=O) groups is 2. The van der Waals surface area contributed by atoms with Gasteiger partial charge in [0.2, 0.25) is 5.91 Å². The van der Waals surface area contributed by atoms with Gasteiger partial charge in [-0.15, -0.1) is 8.78 Å². The van der Waals surface area contributed by atoms with Crippen LogP contribution in [0.5, 0.6) is 11.5 Å². The van der Waals surface area contributed by atoms with E-state index in [2.05, 4.69) is 14.8 Å². The number of rotatable bonds is 7. The Morgan fingerprint density at radius 1 is 0.973 bits per heavy atom. The van der Waals surface area contributed by atoms with Gasteiger partial charge >= 0.3 is 12.3 Å². The molecule has 3 aromatic carbocycles. The number of sulfonamides is 1. The number of alkyl halides is 2. The van der Waals surface area contributed by atoms with Gasteiger partial charge in [0.05, 0.1) is 0 Å². The van der Waals surface area contributed by atoms with Crippen molar-refractivity contribution in [2.45, 2.75) is 23.7 Å². The maximum Gasteiger partial charge on any atom is 0.586 e. The van der Waals surface area contributed by atoms with E-state index in [0.717, 1.165) is 23.1 Å². The smallest absolute Gasteiger partial charge is 0.395 e. The maximum absolute atomic E-state index is 14.0. The van der Waals surface area contributed by atoms with Crippen molar-refractivity contribution in [3.05, 3.63) is 84.2 Å². The summed E-state index contributed by atoms with van der Waals surface area (Å²) in [6.07, 6.45) is -3.89. The van der Waals surface area contributed by atoms with E-state index in [1.54, 1.807) is 35.1 Å². The summed E-state index contributed by atoms with van der Waals surface area (Å²) in [6.45, 7) is 0. The summed E-state index contributed by atoms with van der Waals surface area (Å²) in [4.78, 5) is 26.3. The molecule has 1 heterocycles. The number of anilines is 1. The van der Waals surface area contributed by atoms with E-state index in [0.29, 0.717) is 5.56 Å². The number of fused-ring (bicyclic) bond motifs is 1. The lowest BCUT2D eigenvalue weighted by atomic mass is 10.0. The molecular weight excluding hydrogens is 515 g/mol. The van der Waals surface area contributed by atoms with Crippen molar-refractivity contribution in [2.24, 2.45) is 0 Å². The minimum atomic E-state index is -4.59. The van der Waals surface area contributed by atoms with Crippen LogP contribution in [0.2, 0.25) is 0 Å². The standard InChI is InChI=1S/C24H20F3N3O6S/c1-30(16-11-12-19-20(14-16)36-24(26,27)35-19)22(31)18(13-15-7-3-2-4-8-15)28-23(32)29-37(33,34)21-10-6-5-9-17(21)25/h2-12,14,18H,13H2,1H3,(H2,28,29,32). The Bertz CT molecular complexity index is 1440.